The van der Waals surface area contributed by atoms with Gasteiger partial charge in [-0.25, -0.2) is 0 Å². The van der Waals surface area contributed by atoms with Crippen molar-refractivity contribution in [1.82, 2.24) is 9.80 Å². The Morgan fingerprint density at radius 1 is 1.00 bits per heavy atom. The second-order valence-electron chi connectivity index (χ2n) is 7.62. The van der Waals surface area contributed by atoms with Crippen molar-refractivity contribution in [3.8, 4) is 6.07 Å². The smallest absolute Gasteiger partial charge is 0.0683 e. The molecule has 120 valence electrons. The molecule has 0 radical (unpaired) electrons. The summed E-state index contributed by atoms with van der Waals surface area (Å²) in [4.78, 5) is 5.39. The molecule has 0 unspecified atom stereocenters. The Balaban J connectivity index is 1.58. The fraction of sp³-hybridized carbons (Fsp3) is 0.944. The van der Waals surface area contributed by atoms with Crippen molar-refractivity contribution in [3.05, 3.63) is 0 Å². The number of likely N-dealkylation sites (tertiary alicyclic amines) is 2. The van der Waals surface area contributed by atoms with E-state index in [1.165, 1.54) is 77.7 Å². The fourth-order valence-corrected chi connectivity index (χ4v) is 3.75. The molecule has 2 fully saturated rings. The van der Waals surface area contributed by atoms with Gasteiger partial charge in [-0.15, -0.1) is 0 Å². The molecule has 0 bridgehead atoms. The quantitative estimate of drug-likeness (QED) is 0.700. The molecule has 2 aliphatic rings. The zero-order chi connectivity index (χ0) is 15.1. The van der Waals surface area contributed by atoms with E-state index in [0.29, 0.717) is 0 Å². The molecule has 2 rings (SSSR count). The van der Waals surface area contributed by atoms with E-state index in [1.807, 2.05) is 0 Å². The van der Waals surface area contributed by atoms with Crippen LogP contribution in [0.5, 0.6) is 0 Å². The molecule has 0 aliphatic carbocycles. The summed E-state index contributed by atoms with van der Waals surface area (Å²) < 4.78 is 0. The van der Waals surface area contributed by atoms with Gasteiger partial charge in [0, 0.05) is 6.04 Å². The molecular formula is C18H33N3. The van der Waals surface area contributed by atoms with Crippen LogP contribution < -0.4 is 0 Å². The van der Waals surface area contributed by atoms with Crippen LogP contribution in [0, 0.1) is 16.7 Å². The molecule has 3 nitrogen and oxygen atoms in total. The van der Waals surface area contributed by atoms with E-state index in [-0.39, 0.29) is 5.41 Å². The van der Waals surface area contributed by atoms with Gasteiger partial charge in [0.2, 0.25) is 0 Å². The Labute approximate surface area is 131 Å². The highest BCUT2D eigenvalue weighted by Gasteiger charge is 2.25. The van der Waals surface area contributed by atoms with Crippen molar-refractivity contribution in [2.45, 2.75) is 71.3 Å². The summed E-state index contributed by atoms with van der Waals surface area (Å²) in [6.07, 6.45) is 10.5. The summed E-state index contributed by atoms with van der Waals surface area (Å²) >= 11 is 0. The first-order chi connectivity index (χ1) is 10.1. The molecule has 2 heterocycles. The van der Waals surface area contributed by atoms with Crippen LogP contribution in [-0.2, 0) is 0 Å². The van der Waals surface area contributed by atoms with E-state index in [0.717, 1.165) is 12.5 Å². The van der Waals surface area contributed by atoms with Gasteiger partial charge >= 0.3 is 0 Å². The first-order valence-electron chi connectivity index (χ1n) is 8.98. The molecule has 21 heavy (non-hydrogen) atoms. The van der Waals surface area contributed by atoms with Crippen LogP contribution in [0.4, 0.5) is 0 Å². The normalized spacial score (nSPS) is 23.1. The van der Waals surface area contributed by atoms with Gasteiger partial charge in [-0.1, -0.05) is 12.8 Å². The Morgan fingerprint density at radius 2 is 1.67 bits per heavy atom. The molecule has 0 N–H and O–H groups in total. The lowest BCUT2D eigenvalue weighted by Gasteiger charge is -2.40. The topological polar surface area (TPSA) is 30.3 Å². The van der Waals surface area contributed by atoms with E-state index < -0.39 is 0 Å². The molecule has 3 heteroatoms. The van der Waals surface area contributed by atoms with Gasteiger partial charge in [-0.2, -0.15) is 5.26 Å². The highest BCUT2D eigenvalue weighted by atomic mass is 15.2. The van der Waals surface area contributed by atoms with E-state index in [2.05, 4.69) is 29.7 Å². The minimum atomic E-state index is -0.138. The van der Waals surface area contributed by atoms with Gasteiger partial charge < -0.3 is 9.80 Å². The molecule has 0 aromatic heterocycles. The maximum atomic E-state index is 9.03. The second kappa shape index (κ2) is 8.15. The third-order valence-electron chi connectivity index (χ3n) is 5.29. The zero-order valence-corrected chi connectivity index (χ0v) is 14.1. The number of piperidine rings is 2. The molecule has 0 saturated carbocycles. The summed E-state index contributed by atoms with van der Waals surface area (Å²) in [5, 5.41) is 9.03. The molecule has 2 aliphatic heterocycles. The van der Waals surface area contributed by atoms with Gasteiger partial charge in [0.1, 0.15) is 0 Å². The Hall–Kier alpha value is -0.590. The van der Waals surface area contributed by atoms with Crippen LogP contribution in [0.1, 0.15) is 65.2 Å². The van der Waals surface area contributed by atoms with Crippen molar-refractivity contribution in [2.24, 2.45) is 5.41 Å². The molecule has 0 spiro atoms. The highest BCUT2D eigenvalue weighted by Crippen LogP contribution is 2.23. The fourth-order valence-electron chi connectivity index (χ4n) is 3.75. The van der Waals surface area contributed by atoms with Crippen LogP contribution >= 0.6 is 0 Å². The first-order valence-corrected chi connectivity index (χ1v) is 8.98. The monoisotopic (exact) mass is 291 g/mol. The SMILES string of the molecule is CC(C)(C#N)CCCCN1CCC(N2CCCCC2)CC1. The van der Waals surface area contributed by atoms with Crippen LogP contribution in [0.3, 0.4) is 0 Å². The molecule has 0 amide bonds. The largest absolute Gasteiger partial charge is 0.303 e. The number of nitriles is 1. The number of unbranched alkanes of at least 4 members (excludes halogenated alkanes) is 1. The number of rotatable bonds is 6. The summed E-state index contributed by atoms with van der Waals surface area (Å²) in [5.74, 6) is 0. The minimum Gasteiger partial charge on any atom is -0.303 e. The van der Waals surface area contributed by atoms with Crippen molar-refractivity contribution in [2.75, 3.05) is 32.7 Å². The van der Waals surface area contributed by atoms with Crippen molar-refractivity contribution in [3.63, 3.8) is 0 Å². The van der Waals surface area contributed by atoms with Crippen molar-refractivity contribution in [1.29, 1.82) is 5.26 Å². The van der Waals surface area contributed by atoms with Crippen molar-refractivity contribution < 1.29 is 0 Å². The lowest BCUT2D eigenvalue weighted by Crippen LogP contribution is -2.46. The number of hydrogen-bond acceptors (Lipinski definition) is 3. The van der Waals surface area contributed by atoms with Crippen LogP contribution in [0.25, 0.3) is 0 Å². The number of hydrogen-bond donors (Lipinski definition) is 0. The number of nitrogens with zero attached hydrogens (tertiary/aromatic N) is 3. The van der Waals surface area contributed by atoms with E-state index in [1.54, 1.807) is 0 Å². The lowest BCUT2D eigenvalue weighted by molar-refractivity contribution is 0.0916. The Morgan fingerprint density at radius 3 is 2.29 bits per heavy atom. The van der Waals surface area contributed by atoms with Gasteiger partial charge in [0.05, 0.1) is 11.5 Å². The standard InChI is InChI=1S/C18H33N3/c1-18(2,16-19)10-4-7-11-20-14-8-17(9-15-20)21-12-5-3-6-13-21/h17H,3-15H2,1-2H3. The zero-order valence-electron chi connectivity index (χ0n) is 14.1. The molecular weight excluding hydrogens is 258 g/mol. The second-order valence-corrected chi connectivity index (χ2v) is 7.62. The Kier molecular flexibility index (Phi) is 6.51. The van der Waals surface area contributed by atoms with Crippen LogP contribution in [-0.4, -0.2) is 48.6 Å². The minimum absolute atomic E-state index is 0.138. The van der Waals surface area contributed by atoms with Gasteiger partial charge in [-0.05, 0) is 85.1 Å². The van der Waals surface area contributed by atoms with Gasteiger partial charge in [-0.3, -0.25) is 0 Å². The molecule has 0 aromatic carbocycles. The lowest BCUT2D eigenvalue weighted by atomic mass is 9.89. The summed E-state index contributed by atoms with van der Waals surface area (Å²) in [6, 6.07) is 3.26. The summed E-state index contributed by atoms with van der Waals surface area (Å²) in [6.45, 7) is 10.6. The van der Waals surface area contributed by atoms with E-state index >= 15 is 0 Å². The van der Waals surface area contributed by atoms with E-state index in [4.69, 9.17) is 5.26 Å². The highest BCUT2D eigenvalue weighted by molar-refractivity contribution is 4.91. The van der Waals surface area contributed by atoms with E-state index in [9.17, 15) is 0 Å². The Bertz CT molecular complexity index is 331. The third kappa shape index (κ3) is 5.60. The molecule has 0 aromatic rings. The first kappa shape index (κ1) is 16.8. The molecule has 0 atom stereocenters. The van der Waals surface area contributed by atoms with Gasteiger partial charge in [0.25, 0.3) is 0 Å². The van der Waals surface area contributed by atoms with Crippen LogP contribution in [0.2, 0.25) is 0 Å². The predicted molar refractivity (Wildman–Crippen MR) is 88.1 cm³/mol. The average Bonchev–Trinajstić information content (AvgIpc) is 2.53. The average molecular weight is 291 g/mol. The maximum absolute atomic E-state index is 9.03. The maximum Gasteiger partial charge on any atom is 0.0683 e. The third-order valence-corrected chi connectivity index (χ3v) is 5.29. The summed E-state index contributed by atoms with van der Waals surface area (Å²) in [7, 11) is 0. The van der Waals surface area contributed by atoms with Crippen molar-refractivity contribution >= 4 is 0 Å². The van der Waals surface area contributed by atoms with Gasteiger partial charge in [0.15, 0.2) is 0 Å². The predicted octanol–water partition coefficient (Wildman–Crippen LogP) is 3.66. The van der Waals surface area contributed by atoms with Crippen LogP contribution in [0.15, 0.2) is 0 Å². The summed E-state index contributed by atoms with van der Waals surface area (Å²) in [5.41, 5.74) is -0.138. The molecule has 2 saturated heterocycles.